The van der Waals surface area contributed by atoms with Gasteiger partial charge >= 0.3 is 0 Å². The highest BCUT2D eigenvalue weighted by molar-refractivity contribution is 7.12. The van der Waals surface area contributed by atoms with E-state index in [0.29, 0.717) is 17.8 Å². The summed E-state index contributed by atoms with van der Waals surface area (Å²) in [5.74, 6) is -0.373. The molecule has 0 saturated carbocycles. The molecule has 2 amide bonds. The molecule has 0 aliphatic rings. The fourth-order valence-corrected chi connectivity index (χ4v) is 4.62. The predicted molar refractivity (Wildman–Crippen MR) is 135 cm³/mol. The summed E-state index contributed by atoms with van der Waals surface area (Å²) >= 11 is 1.36. The van der Waals surface area contributed by atoms with Gasteiger partial charge in [-0.1, -0.05) is 54.6 Å². The van der Waals surface area contributed by atoms with Crippen LogP contribution in [0.25, 0.3) is 5.69 Å². The Balaban J connectivity index is 1.55. The Morgan fingerprint density at radius 3 is 2.32 bits per heavy atom. The number of nitrogens with one attached hydrogen (secondary N) is 1. The Kier molecular flexibility index (Phi) is 7.23. The van der Waals surface area contributed by atoms with Crippen LogP contribution in [0.5, 0.6) is 0 Å². The molecule has 7 heteroatoms. The first-order valence-electron chi connectivity index (χ1n) is 11.2. The molecule has 4 rings (SSSR count). The summed E-state index contributed by atoms with van der Waals surface area (Å²) in [5, 5.41) is 9.50. The highest BCUT2D eigenvalue weighted by Gasteiger charge is 2.26. The molecule has 0 saturated heterocycles. The number of likely N-dealkylation sites (N-methyl/N-ethyl adjacent to an activating group) is 1. The molecule has 6 nitrogen and oxygen atoms in total. The zero-order chi connectivity index (χ0) is 24.1. The number of aryl methyl sites for hydroxylation is 1. The van der Waals surface area contributed by atoms with Gasteiger partial charge in [0.2, 0.25) is 5.91 Å². The van der Waals surface area contributed by atoms with E-state index >= 15 is 0 Å². The van der Waals surface area contributed by atoms with Crippen molar-refractivity contribution in [3.63, 3.8) is 0 Å². The summed E-state index contributed by atoms with van der Waals surface area (Å²) < 4.78 is 1.91. The number of rotatable bonds is 8. The lowest BCUT2D eigenvalue weighted by atomic mass is 10.0. The van der Waals surface area contributed by atoms with Crippen molar-refractivity contribution in [1.29, 1.82) is 0 Å². The van der Waals surface area contributed by atoms with Gasteiger partial charge in [-0.05, 0) is 43.0 Å². The molecule has 1 unspecified atom stereocenters. The first-order chi connectivity index (χ1) is 16.4. The molecule has 2 heterocycles. The standard InChI is InChI=1S/C27H28N4O2S/c1-19-23(20(2)31(29-19)22-13-8-5-9-14-22)18-30(3)27(33)24(17-21-11-6-4-7-12-21)28-26(32)25-15-10-16-34-25/h4-16,24H,17-18H2,1-3H3,(H,28,32). The average molecular weight is 473 g/mol. The summed E-state index contributed by atoms with van der Waals surface area (Å²) in [6.07, 6.45) is 0.419. The molecule has 174 valence electrons. The van der Waals surface area contributed by atoms with Crippen molar-refractivity contribution < 1.29 is 9.59 Å². The number of thiophene rings is 1. The molecule has 0 fully saturated rings. The third kappa shape index (κ3) is 5.26. The number of nitrogens with zero attached hydrogens (tertiary/aromatic N) is 3. The van der Waals surface area contributed by atoms with E-state index in [4.69, 9.17) is 5.10 Å². The fraction of sp³-hybridized carbons (Fsp3) is 0.222. The molecule has 2 aromatic heterocycles. The first-order valence-corrected chi connectivity index (χ1v) is 12.1. The number of amides is 2. The van der Waals surface area contributed by atoms with Crippen LogP contribution >= 0.6 is 11.3 Å². The quantitative estimate of drug-likeness (QED) is 0.409. The number of carbonyl (C=O) groups is 2. The van der Waals surface area contributed by atoms with Gasteiger partial charge < -0.3 is 10.2 Å². The summed E-state index contributed by atoms with van der Waals surface area (Å²) in [5.41, 5.74) is 4.84. The molecule has 0 aliphatic heterocycles. The molecule has 0 spiro atoms. The molecule has 0 aliphatic carbocycles. The minimum Gasteiger partial charge on any atom is -0.339 e. The number of benzene rings is 2. The zero-order valence-electron chi connectivity index (χ0n) is 19.6. The van der Waals surface area contributed by atoms with E-state index < -0.39 is 6.04 Å². The van der Waals surface area contributed by atoms with E-state index in [0.717, 1.165) is 28.2 Å². The van der Waals surface area contributed by atoms with Crippen LogP contribution in [0.3, 0.4) is 0 Å². The Bertz CT molecular complexity index is 1250. The third-order valence-corrected chi connectivity index (χ3v) is 6.71. The van der Waals surface area contributed by atoms with Gasteiger partial charge in [-0.2, -0.15) is 5.10 Å². The van der Waals surface area contributed by atoms with Crippen LogP contribution in [0, 0.1) is 13.8 Å². The molecule has 0 radical (unpaired) electrons. The fourth-order valence-electron chi connectivity index (χ4n) is 3.99. The third-order valence-electron chi connectivity index (χ3n) is 5.84. The second-order valence-corrected chi connectivity index (χ2v) is 9.23. The van der Waals surface area contributed by atoms with Crippen LogP contribution in [0.4, 0.5) is 0 Å². The predicted octanol–water partition coefficient (Wildman–Crippen LogP) is 4.55. The van der Waals surface area contributed by atoms with Crippen LogP contribution < -0.4 is 5.32 Å². The normalized spacial score (nSPS) is 11.7. The van der Waals surface area contributed by atoms with Crippen molar-refractivity contribution >= 4 is 23.2 Å². The number of hydrogen-bond acceptors (Lipinski definition) is 4. The van der Waals surface area contributed by atoms with Crippen molar-refractivity contribution in [2.75, 3.05) is 7.05 Å². The smallest absolute Gasteiger partial charge is 0.262 e. The van der Waals surface area contributed by atoms with Crippen LogP contribution in [0.2, 0.25) is 0 Å². The molecule has 0 bridgehead atoms. The lowest BCUT2D eigenvalue weighted by Gasteiger charge is -2.25. The zero-order valence-corrected chi connectivity index (χ0v) is 20.4. The molecule has 2 aromatic carbocycles. The summed E-state index contributed by atoms with van der Waals surface area (Å²) in [4.78, 5) is 28.6. The summed E-state index contributed by atoms with van der Waals surface area (Å²) in [6.45, 7) is 4.38. The Morgan fingerprint density at radius 1 is 1.00 bits per heavy atom. The van der Waals surface area contributed by atoms with Crippen LogP contribution in [-0.4, -0.2) is 39.6 Å². The van der Waals surface area contributed by atoms with E-state index in [1.54, 1.807) is 18.0 Å². The second kappa shape index (κ2) is 10.5. The number of para-hydroxylation sites is 1. The number of aromatic nitrogens is 2. The second-order valence-electron chi connectivity index (χ2n) is 8.28. The average Bonchev–Trinajstić information content (AvgIpc) is 3.49. The minimum atomic E-state index is -0.674. The van der Waals surface area contributed by atoms with Crippen LogP contribution in [-0.2, 0) is 17.8 Å². The summed E-state index contributed by atoms with van der Waals surface area (Å²) in [7, 11) is 1.77. The van der Waals surface area contributed by atoms with Gasteiger partial charge in [-0.15, -0.1) is 11.3 Å². The Hall–Kier alpha value is -3.71. The topological polar surface area (TPSA) is 67.2 Å². The van der Waals surface area contributed by atoms with E-state index in [9.17, 15) is 9.59 Å². The lowest BCUT2D eigenvalue weighted by Crippen LogP contribution is -2.48. The van der Waals surface area contributed by atoms with E-state index in [-0.39, 0.29) is 11.8 Å². The van der Waals surface area contributed by atoms with Crippen molar-refractivity contribution in [2.24, 2.45) is 0 Å². The SMILES string of the molecule is Cc1nn(-c2ccccc2)c(C)c1CN(C)C(=O)C(Cc1ccccc1)NC(=O)c1cccs1. The van der Waals surface area contributed by atoms with E-state index in [2.05, 4.69) is 5.32 Å². The molecule has 34 heavy (non-hydrogen) atoms. The number of hydrogen-bond donors (Lipinski definition) is 1. The number of carbonyl (C=O) groups excluding carboxylic acids is 2. The van der Waals surface area contributed by atoms with Crippen molar-refractivity contribution in [3.05, 3.63) is 106 Å². The largest absolute Gasteiger partial charge is 0.339 e. The van der Waals surface area contributed by atoms with Gasteiger partial charge in [-0.25, -0.2) is 4.68 Å². The first kappa shape index (κ1) is 23.4. The molecular formula is C27H28N4O2S. The maximum absolute atomic E-state index is 13.5. The van der Waals surface area contributed by atoms with E-state index in [1.807, 2.05) is 90.6 Å². The highest BCUT2D eigenvalue weighted by atomic mass is 32.1. The minimum absolute atomic E-state index is 0.139. The van der Waals surface area contributed by atoms with Gasteiger partial charge in [0.15, 0.2) is 0 Å². The molecular weight excluding hydrogens is 444 g/mol. The monoisotopic (exact) mass is 472 g/mol. The molecule has 1 N–H and O–H groups in total. The van der Waals surface area contributed by atoms with Gasteiger partial charge in [0.1, 0.15) is 6.04 Å². The van der Waals surface area contributed by atoms with Crippen LogP contribution in [0.15, 0.2) is 78.2 Å². The molecule has 4 aromatic rings. The lowest BCUT2D eigenvalue weighted by molar-refractivity contribution is -0.132. The van der Waals surface area contributed by atoms with Crippen molar-refractivity contribution in [3.8, 4) is 5.69 Å². The summed E-state index contributed by atoms with van der Waals surface area (Å²) in [6, 6.07) is 22.6. The van der Waals surface area contributed by atoms with E-state index in [1.165, 1.54) is 11.3 Å². The highest BCUT2D eigenvalue weighted by Crippen LogP contribution is 2.20. The molecule has 1 atom stereocenters. The van der Waals surface area contributed by atoms with Crippen LogP contribution in [0.1, 0.15) is 32.2 Å². The van der Waals surface area contributed by atoms with Gasteiger partial charge in [0.25, 0.3) is 5.91 Å². The van der Waals surface area contributed by atoms with Gasteiger partial charge in [0, 0.05) is 31.3 Å². The van der Waals surface area contributed by atoms with Crippen molar-refractivity contribution in [2.45, 2.75) is 32.9 Å². The maximum Gasteiger partial charge on any atom is 0.262 e. The van der Waals surface area contributed by atoms with Gasteiger partial charge in [0.05, 0.1) is 16.3 Å². The maximum atomic E-state index is 13.5. The van der Waals surface area contributed by atoms with Crippen molar-refractivity contribution in [1.82, 2.24) is 20.0 Å². The Labute approximate surface area is 203 Å². The van der Waals surface area contributed by atoms with Gasteiger partial charge in [-0.3, -0.25) is 9.59 Å². The Morgan fingerprint density at radius 2 is 1.68 bits per heavy atom.